The van der Waals surface area contributed by atoms with E-state index in [1.54, 1.807) is 6.92 Å². The van der Waals surface area contributed by atoms with E-state index >= 15 is 0 Å². The van der Waals surface area contributed by atoms with Crippen LogP contribution in [0.4, 0.5) is 0 Å². The van der Waals surface area contributed by atoms with Crippen LogP contribution in [0.5, 0.6) is 0 Å². The summed E-state index contributed by atoms with van der Waals surface area (Å²) in [4.78, 5) is 10.7. The van der Waals surface area contributed by atoms with Crippen LogP contribution in [-0.4, -0.2) is 28.7 Å². The van der Waals surface area contributed by atoms with Crippen LogP contribution in [0, 0.1) is 0 Å². The Morgan fingerprint density at radius 2 is 1.90 bits per heavy atom. The molecule has 0 amide bonds. The first-order valence-corrected chi connectivity index (χ1v) is 4.13. The normalized spacial score (nSPS) is 13.6. The zero-order valence-corrected chi connectivity index (χ0v) is 8.88. The van der Waals surface area contributed by atoms with Crippen LogP contribution >= 0.6 is 0 Å². The van der Waals surface area contributed by atoms with Crippen molar-refractivity contribution >= 4 is 16.5 Å². The highest BCUT2D eigenvalue weighted by molar-refractivity contribution is 6.06. The molecule has 0 bridgehead atoms. The lowest BCUT2D eigenvalue weighted by atomic mass is 10.4. The molecule has 3 nitrogen and oxygen atoms in total. The minimum Gasteiger partial charge on any atom is -0.527 e. The maximum atomic E-state index is 10.7. The highest BCUT2D eigenvalue weighted by atomic mass is 28.2. The van der Waals surface area contributed by atoms with Crippen molar-refractivity contribution in [3.8, 4) is 0 Å². The smallest absolute Gasteiger partial charge is 0.321 e. The molecule has 0 N–H and O–H groups in total. The molecule has 4 heteroatoms. The monoisotopic (exact) mass is 162 g/mol. The van der Waals surface area contributed by atoms with E-state index in [0.29, 0.717) is 10.5 Å². The molecular formula is C6H14O3Si. The number of ether oxygens (including phenoxy) is 1. The summed E-state index contributed by atoms with van der Waals surface area (Å²) in [6.45, 7) is 5.47. The number of carbonyl (C=O) groups excluding carboxylic acids is 1. The predicted molar refractivity (Wildman–Crippen MR) is 41.7 cm³/mol. The van der Waals surface area contributed by atoms with Crippen molar-refractivity contribution in [1.29, 1.82) is 0 Å². The van der Waals surface area contributed by atoms with Gasteiger partial charge in [-0.05, 0) is 20.8 Å². The van der Waals surface area contributed by atoms with Gasteiger partial charge in [0.1, 0.15) is 0 Å². The summed E-state index contributed by atoms with van der Waals surface area (Å²) in [6.07, 6.45) is -0.340. The average Bonchev–Trinajstić information content (AvgIpc) is 1.85. The van der Waals surface area contributed by atoms with Crippen LogP contribution in [-0.2, 0) is 14.0 Å². The van der Waals surface area contributed by atoms with Crippen LogP contribution in [0.2, 0.25) is 0 Å². The second kappa shape index (κ2) is 4.46. The molecule has 0 fully saturated rings. The van der Waals surface area contributed by atoms with E-state index in [-0.39, 0.29) is 12.1 Å². The van der Waals surface area contributed by atoms with Crippen LogP contribution in [0.25, 0.3) is 0 Å². The Labute approximate surface area is 64.2 Å². The standard InChI is InChI=1S/C6H14O3Si/c1-4(2)8-5(3)6(7)9-10/h4-5H,1-3,10H3. The Morgan fingerprint density at radius 3 is 2.20 bits per heavy atom. The summed E-state index contributed by atoms with van der Waals surface area (Å²) in [5, 5.41) is 0. The third kappa shape index (κ3) is 3.63. The van der Waals surface area contributed by atoms with Crippen molar-refractivity contribution in [3.05, 3.63) is 0 Å². The van der Waals surface area contributed by atoms with E-state index in [4.69, 9.17) is 4.74 Å². The van der Waals surface area contributed by atoms with Gasteiger partial charge in [-0.25, -0.2) is 0 Å². The van der Waals surface area contributed by atoms with Crippen molar-refractivity contribution in [3.63, 3.8) is 0 Å². The summed E-state index contributed by atoms with van der Waals surface area (Å²) in [7, 11) is 0.442. The zero-order chi connectivity index (χ0) is 8.15. The molecule has 0 heterocycles. The predicted octanol–water partition coefficient (Wildman–Crippen LogP) is -0.377. The zero-order valence-electron chi connectivity index (χ0n) is 6.88. The lowest BCUT2D eigenvalue weighted by Gasteiger charge is -2.13. The van der Waals surface area contributed by atoms with E-state index in [1.807, 2.05) is 13.8 Å². The van der Waals surface area contributed by atoms with Gasteiger partial charge in [0.25, 0.3) is 0 Å². The Bertz CT molecular complexity index is 114. The molecule has 0 aromatic carbocycles. The number of hydrogen-bond acceptors (Lipinski definition) is 3. The number of carbonyl (C=O) groups is 1. The summed E-state index contributed by atoms with van der Waals surface area (Å²) >= 11 is 0. The molecule has 1 atom stereocenters. The fourth-order valence-corrected chi connectivity index (χ4v) is 0.962. The van der Waals surface area contributed by atoms with Gasteiger partial charge in [0.2, 0.25) is 10.5 Å². The van der Waals surface area contributed by atoms with Crippen molar-refractivity contribution in [1.82, 2.24) is 0 Å². The van der Waals surface area contributed by atoms with Gasteiger partial charge < -0.3 is 9.16 Å². The molecule has 0 radical (unpaired) electrons. The van der Waals surface area contributed by atoms with Crippen LogP contribution in [0.1, 0.15) is 20.8 Å². The summed E-state index contributed by atoms with van der Waals surface area (Å²) in [5.74, 6) is -0.264. The molecule has 0 aliphatic heterocycles. The topological polar surface area (TPSA) is 35.5 Å². The minimum atomic E-state index is -0.419. The molecule has 60 valence electrons. The van der Waals surface area contributed by atoms with Gasteiger partial charge >= 0.3 is 5.97 Å². The van der Waals surface area contributed by atoms with Gasteiger partial charge in [-0.1, -0.05) is 0 Å². The fourth-order valence-electron chi connectivity index (χ4n) is 0.630. The van der Waals surface area contributed by atoms with Gasteiger partial charge in [-0.2, -0.15) is 0 Å². The highest BCUT2D eigenvalue weighted by Gasteiger charge is 2.13. The molecule has 0 aliphatic rings. The van der Waals surface area contributed by atoms with Gasteiger partial charge in [-0.3, -0.25) is 4.79 Å². The Morgan fingerprint density at radius 1 is 1.40 bits per heavy atom. The molecule has 0 saturated carbocycles. The number of hydrogen-bond donors (Lipinski definition) is 0. The Balaban J connectivity index is 3.61. The lowest BCUT2D eigenvalue weighted by Crippen LogP contribution is -2.25. The average molecular weight is 162 g/mol. The first-order valence-electron chi connectivity index (χ1n) is 3.31. The minimum absolute atomic E-state index is 0.0794. The maximum absolute atomic E-state index is 10.7. The SMILES string of the molecule is CC(C)OC(C)C(=O)O[SiH3]. The second-order valence-corrected chi connectivity index (χ2v) is 2.76. The first kappa shape index (κ1) is 9.65. The van der Waals surface area contributed by atoms with Crippen LogP contribution < -0.4 is 0 Å². The molecule has 0 aromatic heterocycles. The van der Waals surface area contributed by atoms with Gasteiger partial charge in [-0.15, -0.1) is 0 Å². The van der Waals surface area contributed by atoms with Crippen molar-refractivity contribution in [2.24, 2.45) is 0 Å². The van der Waals surface area contributed by atoms with E-state index in [1.165, 1.54) is 0 Å². The van der Waals surface area contributed by atoms with Gasteiger partial charge in [0, 0.05) is 0 Å². The fraction of sp³-hybridized carbons (Fsp3) is 0.833. The van der Waals surface area contributed by atoms with E-state index in [9.17, 15) is 4.79 Å². The van der Waals surface area contributed by atoms with Crippen LogP contribution in [0.15, 0.2) is 0 Å². The van der Waals surface area contributed by atoms with E-state index < -0.39 is 6.10 Å². The summed E-state index contributed by atoms with van der Waals surface area (Å²) in [6, 6.07) is 0. The quantitative estimate of drug-likeness (QED) is 0.531. The molecule has 0 saturated heterocycles. The molecule has 10 heavy (non-hydrogen) atoms. The summed E-state index contributed by atoms with van der Waals surface area (Å²) < 4.78 is 9.74. The third-order valence-corrected chi connectivity index (χ3v) is 1.41. The highest BCUT2D eigenvalue weighted by Crippen LogP contribution is 1.97. The molecule has 0 rings (SSSR count). The molecule has 0 spiro atoms. The van der Waals surface area contributed by atoms with Crippen molar-refractivity contribution in [2.45, 2.75) is 33.0 Å². The largest absolute Gasteiger partial charge is 0.527 e. The van der Waals surface area contributed by atoms with Crippen molar-refractivity contribution in [2.75, 3.05) is 0 Å². The molecular weight excluding hydrogens is 148 g/mol. The van der Waals surface area contributed by atoms with E-state index in [2.05, 4.69) is 4.43 Å². The maximum Gasteiger partial charge on any atom is 0.321 e. The molecule has 0 aromatic rings. The van der Waals surface area contributed by atoms with E-state index in [0.717, 1.165) is 0 Å². The summed E-state index contributed by atoms with van der Waals surface area (Å²) in [5.41, 5.74) is 0. The lowest BCUT2D eigenvalue weighted by molar-refractivity contribution is -0.148. The first-order chi connectivity index (χ1) is 4.57. The van der Waals surface area contributed by atoms with Gasteiger partial charge in [0.15, 0.2) is 6.10 Å². The van der Waals surface area contributed by atoms with Gasteiger partial charge in [0.05, 0.1) is 6.10 Å². The van der Waals surface area contributed by atoms with Crippen molar-refractivity contribution < 1.29 is 14.0 Å². The Hall–Kier alpha value is -0.353. The van der Waals surface area contributed by atoms with Crippen LogP contribution in [0.3, 0.4) is 0 Å². The molecule has 0 aliphatic carbocycles. The third-order valence-electron chi connectivity index (χ3n) is 1.01. The second-order valence-electron chi connectivity index (χ2n) is 2.35. The Kier molecular flexibility index (Phi) is 4.30. The molecule has 1 unspecified atom stereocenters. The number of rotatable bonds is 3.